The van der Waals surface area contributed by atoms with Gasteiger partial charge in [-0.25, -0.2) is 0 Å². The summed E-state index contributed by atoms with van der Waals surface area (Å²) in [5.74, 6) is -0.220. The summed E-state index contributed by atoms with van der Waals surface area (Å²) in [7, 11) is 0. The van der Waals surface area contributed by atoms with Gasteiger partial charge in [0.25, 0.3) is 5.69 Å². The summed E-state index contributed by atoms with van der Waals surface area (Å²) in [4.78, 5) is 25.0. The predicted molar refractivity (Wildman–Crippen MR) is 110 cm³/mol. The molecule has 0 spiro atoms. The Kier molecular flexibility index (Phi) is 7.09. The maximum atomic E-state index is 12.8. The highest BCUT2D eigenvalue weighted by Crippen LogP contribution is 2.38. The third-order valence-corrected chi connectivity index (χ3v) is 5.01. The van der Waals surface area contributed by atoms with E-state index < -0.39 is 22.7 Å². The molecule has 0 radical (unpaired) electrons. The number of benzene rings is 2. The Hall–Kier alpha value is -3.05. The Morgan fingerprint density at radius 1 is 1.25 bits per heavy atom. The first-order chi connectivity index (χ1) is 15.1. The third kappa shape index (κ3) is 5.60. The summed E-state index contributed by atoms with van der Waals surface area (Å²) in [6, 6.07) is 5.56. The van der Waals surface area contributed by atoms with Crippen molar-refractivity contribution < 1.29 is 32.4 Å². The molecule has 0 aromatic heterocycles. The van der Waals surface area contributed by atoms with Gasteiger partial charge in [-0.3, -0.25) is 14.9 Å². The number of halogens is 4. The van der Waals surface area contributed by atoms with E-state index in [4.69, 9.17) is 21.1 Å². The van der Waals surface area contributed by atoms with E-state index in [2.05, 4.69) is 5.32 Å². The number of morpholine rings is 1. The van der Waals surface area contributed by atoms with Gasteiger partial charge in [-0.05, 0) is 31.2 Å². The minimum Gasteiger partial charge on any atom is -0.456 e. The molecule has 12 heteroatoms. The second-order valence-electron chi connectivity index (χ2n) is 6.98. The van der Waals surface area contributed by atoms with Gasteiger partial charge in [0.1, 0.15) is 23.2 Å². The molecule has 8 nitrogen and oxygen atoms in total. The summed E-state index contributed by atoms with van der Waals surface area (Å²) >= 11 is 5.91. The SMILES string of the molecule is CC(Nc1cc(Oc2ccc(C(F)(F)F)cc2Cl)ccc1[N+](=O)[O-])C(=O)N1CCOCC1. The van der Waals surface area contributed by atoms with E-state index in [-0.39, 0.29) is 33.8 Å². The molecular formula is C20H19ClF3N3O5. The summed E-state index contributed by atoms with van der Waals surface area (Å²) in [6.45, 7) is 3.23. The number of alkyl halides is 3. The molecular weight excluding hydrogens is 455 g/mol. The number of nitro benzene ring substituents is 1. The van der Waals surface area contributed by atoms with Crippen LogP contribution in [-0.4, -0.2) is 48.1 Å². The largest absolute Gasteiger partial charge is 0.456 e. The fraction of sp³-hybridized carbons (Fsp3) is 0.350. The maximum absolute atomic E-state index is 12.8. The van der Waals surface area contributed by atoms with E-state index in [1.807, 2.05) is 0 Å². The first-order valence-corrected chi connectivity index (χ1v) is 9.90. The van der Waals surface area contributed by atoms with Crippen molar-refractivity contribution in [2.75, 3.05) is 31.6 Å². The number of nitro groups is 1. The molecule has 3 rings (SSSR count). The number of carbonyl (C=O) groups excluding carboxylic acids is 1. The van der Waals surface area contributed by atoms with Gasteiger partial charge in [-0.15, -0.1) is 0 Å². The number of nitrogens with one attached hydrogen (secondary N) is 1. The number of rotatable bonds is 6. The van der Waals surface area contributed by atoms with Gasteiger partial charge in [0, 0.05) is 25.2 Å². The molecule has 1 saturated heterocycles. The molecule has 1 fully saturated rings. The molecule has 32 heavy (non-hydrogen) atoms. The molecule has 1 unspecified atom stereocenters. The normalized spacial score (nSPS) is 15.2. The lowest BCUT2D eigenvalue weighted by Gasteiger charge is -2.29. The third-order valence-electron chi connectivity index (χ3n) is 4.72. The highest BCUT2D eigenvalue weighted by atomic mass is 35.5. The molecule has 2 aromatic carbocycles. The van der Waals surface area contributed by atoms with Gasteiger partial charge < -0.3 is 19.7 Å². The average Bonchev–Trinajstić information content (AvgIpc) is 2.74. The van der Waals surface area contributed by atoms with Crippen LogP contribution in [0.4, 0.5) is 24.5 Å². The molecule has 0 bridgehead atoms. The van der Waals surface area contributed by atoms with E-state index in [9.17, 15) is 28.1 Å². The van der Waals surface area contributed by atoms with E-state index in [1.165, 1.54) is 18.2 Å². The van der Waals surface area contributed by atoms with Crippen LogP contribution in [0, 0.1) is 10.1 Å². The van der Waals surface area contributed by atoms with Crippen LogP contribution in [0.25, 0.3) is 0 Å². The van der Waals surface area contributed by atoms with Crippen molar-refractivity contribution in [3.8, 4) is 11.5 Å². The molecule has 1 N–H and O–H groups in total. The van der Waals surface area contributed by atoms with Crippen LogP contribution in [0.3, 0.4) is 0 Å². The van der Waals surface area contributed by atoms with Crippen LogP contribution in [0.5, 0.6) is 11.5 Å². The summed E-state index contributed by atoms with van der Waals surface area (Å²) in [5, 5.41) is 14.0. The van der Waals surface area contributed by atoms with Crippen LogP contribution in [0.15, 0.2) is 36.4 Å². The molecule has 1 aliphatic heterocycles. The monoisotopic (exact) mass is 473 g/mol. The fourth-order valence-electron chi connectivity index (χ4n) is 3.09. The first kappa shape index (κ1) is 23.6. The van der Waals surface area contributed by atoms with E-state index in [1.54, 1.807) is 11.8 Å². The number of carbonyl (C=O) groups is 1. The molecule has 1 amide bonds. The van der Waals surface area contributed by atoms with E-state index in [0.717, 1.165) is 18.2 Å². The van der Waals surface area contributed by atoms with Crippen molar-refractivity contribution >= 4 is 28.9 Å². The lowest BCUT2D eigenvalue weighted by molar-refractivity contribution is -0.384. The average molecular weight is 474 g/mol. The van der Waals surface area contributed by atoms with Gasteiger partial charge >= 0.3 is 6.18 Å². The Morgan fingerprint density at radius 3 is 2.53 bits per heavy atom. The van der Waals surface area contributed by atoms with E-state index >= 15 is 0 Å². The first-order valence-electron chi connectivity index (χ1n) is 9.52. The number of hydrogen-bond donors (Lipinski definition) is 1. The molecule has 1 atom stereocenters. The summed E-state index contributed by atoms with van der Waals surface area (Å²) < 4.78 is 49.2. The van der Waals surface area contributed by atoms with Crippen molar-refractivity contribution in [2.45, 2.75) is 19.1 Å². The number of amides is 1. The summed E-state index contributed by atoms with van der Waals surface area (Å²) in [5.41, 5.74) is -1.21. The minimum atomic E-state index is -4.56. The quantitative estimate of drug-likeness (QED) is 0.482. The van der Waals surface area contributed by atoms with Crippen molar-refractivity contribution in [3.05, 3.63) is 57.1 Å². The minimum absolute atomic E-state index is 0.0182. The van der Waals surface area contributed by atoms with Crippen molar-refractivity contribution in [1.29, 1.82) is 0 Å². The zero-order valence-electron chi connectivity index (χ0n) is 16.8. The van der Waals surface area contributed by atoms with Gasteiger partial charge in [-0.1, -0.05) is 11.6 Å². The second-order valence-corrected chi connectivity index (χ2v) is 7.39. The van der Waals surface area contributed by atoms with Crippen LogP contribution in [-0.2, 0) is 15.7 Å². The van der Waals surface area contributed by atoms with Crippen LogP contribution in [0.1, 0.15) is 12.5 Å². The van der Waals surface area contributed by atoms with E-state index in [0.29, 0.717) is 26.3 Å². The number of hydrogen-bond acceptors (Lipinski definition) is 6. The highest BCUT2D eigenvalue weighted by Gasteiger charge is 2.31. The van der Waals surface area contributed by atoms with Crippen LogP contribution in [0.2, 0.25) is 5.02 Å². The van der Waals surface area contributed by atoms with Crippen LogP contribution < -0.4 is 10.1 Å². The topological polar surface area (TPSA) is 93.9 Å². The van der Waals surface area contributed by atoms with Crippen molar-refractivity contribution in [3.63, 3.8) is 0 Å². The molecule has 0 aliphatic carbocycles. The van der Waals surface area contributed by atoms with Gasteiger partial charge in [0.15, 0.2) is 0 Å². The van der Waals surface area contributed by atoms with Gasteiger partial charge in [0.2, 0.25) is 5.91 Å². The van der Waals surface area contributed by atoms with Crippen molar-refractivity contribution in [1.82, 2.24) is 4.90 Å². The summed E-state index contributed by atoms with van der Waals surface area (Å²) in [6.07, 6.45) is -4.56. The Morgan fingerprint density at radius 2 is 1.94 bits per heavy atom. The smallest absolute Gasteiger partial charge is 0.416 e. The number of ether oxygens (including phenoxy) is 2. The molecule has 1 heterocycles. The lowest BCUT2D eigenvalue weighted by atomic mass is 10.2. The standard InChI is InChI=1S/C20H19ClF3N3O5/c1-12(19(28)26-6-8-31-9-7-26)25-16-11-14(3-4-17(16)27(29)30)32-18-5-2-13(10-15(18)21)20(22,23)24/h2-5,10-12,25H,6-9H2,1H3. The molecule has 0 saturated carbocycles. The fourth-order valence-corrected chi connectivity index (χ4v) is 3.31. The lowest BCUT2D eigenvalue weighted by Crippen LogP contribution is -2.47. The molecule has 1 aliphatic rings. The van der Waals surface area contributed by atoms with Crippen LogP contribution >= 0.6 is 11.6 Å². The Labute approximate surface area is 186 Å². The van der Waals surface area contributed by atoms with Gasteiger partial charge in [-0.2, -0.15) is 13.2 Å². The second kappa shape index (κ2) is 9.61. The number of nitrogens with zero attached hydrogens (tertiary/aromatic N) is 2. The molecule has 2 aromatic rings. The maximum Gasteiger partial charge on any atom is 0.416 e. The Balaban J connectivity index is 1.81. The number of anilines is 1. The van der Waals surface area contributed by atoms with Crippen molar-refractivity contribution in [2.24, 2.45) is 0 Å². The Bertz CT molecular complexity index is 1010. The van der Waals surface area contributed by atoms with Gasteiger partial charge in [0.05, 0.1) is 28.7 Å². The predicted octanol–water partition coefficient (Wildman–Crippen LogP) is 4.72. The molecule has 172 valence electrons. The zero-order valence-corrected chi connectivity index (χ0v) is 17.6. The highest BCUT2D eigenvalue weighted by molar-refractivity contribution is 6.32. The zero-order chi connectivity index (χ0) is 23.5.